The predicted octanol–water partition coefficient (Wildman–Crippen LogP) is 17.8. The summed E-state index contributed by atoms with van der Waals surface area (Å²) >= 11 is 6.05. The summed E-state index contributed by atoms with van der Waals surface area (Å²) in [6.07, 6.45) is 2.13. The number of methoxy groups -OCH3 is 10. The van der Waals surface area contributed by atoms with Crippen molar-refractivity contribution in [1.82, 2.24) is 25.3 Å². The third-order valence-corrected chi connectivity index (χ3v) is 17.6. The first-order valence-corrected chi connectivity index (χ1v) is 36.2. The maximum absolute atomic E-state index is 12.9. The second kappa shape index (κ2) is 49.6. The van der Waals surface area contributed by atoms with Gasteiger partial charge in [-0.25, -0.2) is 14.4 Å². The molecule has 0 aliphatic heterocycles. The van der Waals surface area contributed by atoms with Gasteiger partial charge in [0.05, 0.1) is 120 Å². The molecule has 1 amide bonds. The van der Waals surface area contributed by atoms with E-state index in [-0.39, 0.29) is 64.5 Å². The zero-order valence-electron chi connectivity index (χ0n) is 67.7. The van der Waals surface area contributed by atoms with Crippen LogP contribution >= 0.6 is 11.6 Å². The van der Waals surface area contributed by atoms with Crippen LogP contribution in [0.1, 0.15) is 86.0 Å². The molecule has 4 heterocycles. The van der Waals surface area contributed by atoms with Gasteiger partial charge in [-0.3, -0.25) is 24.7 Å². The van der Waals surface area contributed by atoms with Crippen LogP contribution in [0.15, 0.2) is 243 Å². The van der Waals surface area contributed by atoms with E-state index in [1.54, 1.807) is 196 Å². The number of aromatic nitrogens is 4. The van der Waals surface area contributed by atoms with E-state index in [9.17, 15) is 32.3 Å². The maximum Gasteiger partial charge on any atom is 1.00 e. The third kappa shape index (κ3) is 27.7. The Bertz CT molecular complexity index is 5830. The minimum Gasteiger partial charge on any atom is -0.870 e. The van der Waals surface area contributed by atoms with Crippen molar-refractivity contribution in [3.05, 3.63) is 293 Å². The van der Waals surface area contributed by atoms with E-state index >= 15 is 0 Å². The number of carboxylic acid groups (broad SMARTS) is 1. The number of carbonyl (C=O) groups is 4. The van der Waals surface area contributed by atoms with Crippen molar-refractivity contribution >= 4 is 79.0 Å². The Kier molecular flexibility index (Phi) is 40.9. The fourth-order valence-corrected chi connectivity index (χ4v) is 11.5. The van der Waals surface area contributed by atoms with Gasteiger partial charge in [0, 0.05) is 89.3 Å². The molecule has 0 saturated carbocycles. The molecule has 0 aliphatic carbocycles. The molecule has 0 unspecified atom stereocenters. The maximum atomic E-state index is 12.9. The van der Waals surface area contributed by atoms with Crippen molar-refractivity contribution in [2.75, 3.05) is 71.1 Å². The summed E-state index contributed by atoms with van der Waals surface area (Å²) in [4.78, 5) is 62.9. The fourth-order valence-electron chi connectivity index (χ4n) is 11.2. The standard InChI is InChI=1S/C26H21F3N2O4.C19H17NO5.C18H15NO5.C11H10ClNO2.C8H11N.C8H8O3.3CH4.Li.H2O/c1-33-23-13-20-21(14-24(23)34-2)30-11-10-22(20)35-19-8-6-17(7-9-19)25(32)31-15-16-4-3-5-18(12-16)26(27,28)29;1-22-17-10-14-15(11-18(17)23-2)20-9-8-16(14)25-13-6-4-12(5-7-13)19(21)24-3;1-22-16-9-13-14(10-17(16)23-2)19-8-7-15(13)24-12-5-3-11(4-6-12)18(20)21;1-14-10-5-7-8(12)3-4-13-9(7)6-11(10)15-2;1-7-3-2-4-8(5-7)6-9;1-11-8(10)6-2-4-7(9)5-3-6;;;;;/h3-14H,15H2,1-2H3,(H,31,32);4-11H,1-3H3;3-10H,1-2H3,(H,20,21);3-6H,1-2H3;2-5H,6,9H2,1H3;2-5,9H,1H3;3*1H4;;1H2/q;;;;;;;;;+1;/p-1. The monoisotopic (exact) mass is 1710 g/mol. The number of aromatic carboxylic acids is 1. The zero-order chi connectivity index (χ0) is 85.7. The van der Waals surface area contributed by atoms with E-state index in [0.717, 1.165) is 39.3 Å². The molecule has 0 atom stereocenters. The van der Waals surface area contributed by atoms with Gasteiger partial charge in [-0.05, 0) is 176 Å². The van der Waals surface area contributed by atoms with E-state index < -0.39 is 35.6 Å². The number of nitrogens with two attached hydrogens (primary N) is 1. The van der Waals surface area contributed by atoms with Crippen LogP contribution in [0.25, 0.3) is 43.6 Å². The number of benzene rings is 10. The molecular weight excluding hydrogens is 1620 g/mol. The number of phenols is 1. The molecule has 26 nitrogen and oxygen atoms in total. The van der Waals surface area contributed by atoms with E-state index in [0.29, 0.717) is 131 Å². The van der Waals surface area contributed by atoms with Gasteiger partial charge in [0.15, 0.2) is 46.0 Å². The Hall–Kier alpha value is -14.1. The Balaban J connectivity index is 0.000000326. The summed E-state index contributed by atoms with van der Waals surface area (Å²) < 4.78 is 108. The number of nitrogens with one attached hydrogen (secondary N) is 1. The molecule has 0 fully saturated rings. The molecule has 124 heavy (non-hydrogen) atoms. The van der Waals surface area contributed by atoms with Gasteiger partial charge < -0.3 is 88.3 Å². The number of carbonyl (C=O) groups excluding carboxylic acids is 3. The number of amides is 1. The minimum absolute atomic E-state index is 0. The molecule has 14 rings (SSSR count). The van der Waals surface area contributed by atoms with Crippen molar-refractivity contribution in [3.8, 4) is 86.2 Å². The van der Waals surface area contributed by atoms with E-state index in [2.05, 4.69) is 53.8 Å². The number of pyridine rings is 4. The largest absolute Gasteiger partial charge is 1.00 e. The van der Waals surface area contributed by atoms with Gasteiger partial charge >= 0.3 is 42.9 Å². The Morgan fingerprint density at radius 3 is 1.06 bits per heavy atom. The van der Waals surface area contributed by atoms with Crippen LogP contribution < -0.4 is 82.0 Å². The van der Waals surface area contributed by atoms with Crippen molar-refractivity contribution in [2.45, 2.75) is 48.5 Å². The number of phenolic OH excluding ortho intramolecular Hbond substituents is 1. The Labute approximate surface area is 732 Å². The third-order valence-electron chi connectivity index (χ3n) is 17.3. The number of hydrogen-bond acceptors (Lipinski definition) is 24. The van der Waals surface area contributed by atoms with Crippen LogP contribution in [0.2, 0.25) is 5.02 Å². The van der Waals surface area contributed by atoms with Crippen LogP contribution in [0.4, 0.5) is 13.2 Å². The van der Waals surface area contributed by atoms with E-state index in [1.165, 1.54) is 81.0 Å². The minimum atomic E-state index is -4.44. The second-order valence-electron chi connectivity index (χ2n) is 24.9. The number of fused-ring (bicyclic) bond motifs is 4. The van der Waals surface area contributed by atoms with Gasteiger partial charge in [-0.2, -0.15) is 13.2 Å². The van der Waals surface area contributed by atoms with Crippen molar-refractivity contribution in [2.24, 2.45) is 5.73 Å². The second-order valence-corrected chi connectivity index (χ2v) is 25.3. The molecule has 14 aromatic rings. The van der Waals surface area contributed by atoms with Crippen molar-refractivity contribution in [1.29, 1.82) is 0 Å². The first-order chi connectivity index (χ1) is 57.4. The molecule has 0 radical (unpaired) electrons. The molecule has 10 aromatic carbocycles. The van der Waals surface area contributed by atoms with Crippen LogP contribution in [0, 0.1) is 6.92 Å². The van der Waals surface area contributed by atoms with Gasteiger partial charge in [0.25, 0.3) is 5.91 Å². The van der Waals surface area contributed by atoms with E-state index in [4.69, 9.17) is 79.7 Å². The summed E-state index contributed by atoms with van der Waals surface area (Å²) in [5.41, 5.74) is 11.8. The number of carboxylic acids is 1. The molecule has 0 aliphatic rings. The number of aromatic hydroxyl groups is 1. The number of ether oxygens (including phenoxy) is 13. The molecule has 0 spiro atoms. The number of rotatable bonds is 21. The number of halogens is 4. The van der Waals surface area contributed by atoms with Crippen LogP contribution in [-0.2, 0) is 28.7 Å². The van der Waals surface area contributed by atoms with Crippen LogP contribution in [0.5, 0.6) is 86.2 Å². The van der Waals surface area contributed by atoms with Crippen molar-refractivity contribution < 1.29 is 128 Å². The fraction of sp³-hybridized carbons (Fsp3) is 0.183. The molecule has 0 saturated heterocycles. The average Bonchev–Trinajstić information content (AvgIpc) is 0.840. The number of esters is 2. The normalized spacial score (nSPS) is 10.0. The molecular formula is C93H95ClF3LiN6O20. The summed E-state index contributed by atoms with van der Waals surface area (Å²) in [5.74, 6) is 6.04. The molecule has 4 aromatic heterocycles. The van der Waals surface area contributed by atoms with Gasteiger partial charge in [0.2, 0.25) is 0 Å². The SMILES string of the molecule is C.C.C.COC(=O)c1ccc(O)cc1.COC(=O)c1ccc(Oc2ccnc3cc(OC)c(OC)cc23)cc1.COc1cc2nccc(Cl)c2cc1OC.COc1cc2nccc(Oc3ccc(C(=O)NCc4cccc(C(F)(F)F)c4)cc3)c2cc1OC.COc1cc2nccc(Oc3ccc(C(=O)O)cc3)c2cc1OC.Cc1cccc(CN)c1.[Li+].[OH-]. The van der Waals surface area contributed by atoms with E-state index in [1.807, 2.05) is 24.3 Å². The van der Waals surface area contributed by atoms with Gasteiger partial charge in [0.1, 0.15) is 40.2 Å². The predicted molar refractivity (Wildman–Crippen MR) is 466 cm³/mol. The Morgan fingerprint density at radius 2 is 0.726 bits per heavy atom. The number of nitrogens with zero attached hydrogens (tertiary/aromatic N) is 4. The molecule has 6 N–H and O–H groups in total. The molecule has 31 heteroatoms. The first-order valence-electron chi connectivity index (χ1n) is 35.8. The smallest absolute Gasteiger partial charge is 0.870 e. The summed E-state index contributed by atoms with van der Waals surface area (Å²) in [6.45, 7) is 2.68. The van der Waals surface area contributed by atoms with Gasteiger partial charge in [-0.1, -0.05) is 75.8 Å². The van der Waals surface area contributed by atoms with Crippen molar-refractivity contribution in [3.63, 3.8) is 0 Å². The van der Waals surface area contributed by atoms with Crippen LogP contribution in [0.3, 0.4) is 0 Å². The summed E-state index contributed by atoms with van der Waals surface area (Å²) in [6, 6.07) is 59.5. The number of aryl methyl sites for hydroxylation is 1. The van der Waals surface area contributed by atoms with Gasteiger partial charge in [-0.15, -0.1) is 0 Å². The average molecular weight is 1720 g/mol. The first kappa shape index (κ1) is 102. The van der Waals surface area contributed by atoms with Crippen LogP contribution in [-0.4, -0.2) is 131 Å². The number of hydrogen-bond donors (Lipinski definition) is 4. The summed E-state index contributed by atoms with van der Waals surface area (Å²) in [5, 5.41) is 24.2. The molecule has 0 bridgehead atoms. The zero-order valence-corrected chi connectivity index (χ0v) is 68.4. The molecule has 646 valence electrons. The quantitative estimate of drug-likeness (QED) is 0.0383. The Morgan fingerprint density at radius 1 is 0.403 bits per heavy atom. The summed E-state index contributed by atoms with van der Waals surface area (Å²) in [7, 11) is 15.2. The topological polar surface area (TPSA) is 348 Å². The number of alkyl halides is 3.